The van der Waals surface area contributed by atoms with Crippen molar-refractivity contribution in [2.45, 2.75) is 13.0 Å². The SMILES string of the molecule is O=C(CN1C(=O)/C(=C/c2ccccc2)SC1=S)NCCCn1ccnc1. The van der Waals surface area contributed by atoms with Crippen LogP contribution < -0.4 is 5.32 Å². The van der Waals surface area contributed by atoms with Gasteiger partial charge in [-0.25, -0.2) is 4.98 Å². The standard InChI is InChI=1S/C18H18N4O2S2/c23-16(20-7-4-9-21-10-8-19-13-21)12-22-17(24)15(26-18(22)25)11-14-5-2-1-3-6-14/h1-3,5-6,8,10-11,13H,4,7,9,12H2,(H,20,23)/b15-11-. The largest absolute Gasteiger partial charge is 0.354 e. The van der Waals surface area contributed by atoms with Crippen LogP contribution in [0.15, 0.2) is 54.0 Å². The molecule has 6 nitrogen and oxygen atoms in total. The van der Waals surface area contributed by atoms with Crippen molar-refractivity contribution >= 4 is 46.2 Å². The van der Waals surface area contributed by atoms with E-state index in [4.69, 9.17) is 12.2 Å². The number of nitrogens with zero attached hydrogens (tertiary/aromatic N) is 3. The highest BCUT2D eigenvalue weighted by Crippen LogP contribution is 2.32. The highest BCUT2D eigenvalue weighted by atomic mass is 32.2. The maximum absolute atomic E-state index is 12.5. The molecular formula is C18H18N4O2S2. The van der Waals surface area contributed by atoms with E-state index in [1.807, 2.05) is 41.1 Å². The number of aryl methyl sites for hydroxylation is 1. The van der Waals surface area contributed by atoms with Crippen LogP contribution in [0.3, 0.4) is 0 Å². The molecule has 1 aliphatic heterocycles. The summed E-state index contributed by atoms with van der Waals surface area (Å²) in [5, 5.41) is 2.82. The molecule has 3 rings (SSSR count). The Labute approximate surface area is 161 Å². The molecule has 1 fully saturated rings. The fourth-order valence-electron chi connectivity index (χ4n) is 2.44. The van der Waals surface area contributed by atoms with E-state index in [2.05, 4.69) is 10.3 Å². The molecular weight excluding hydrogens is 368 g/mol. The Morgan fingerprint density at radius 3 is 2.85 bits per heavy atom. The van der Waals surface area contributed by atoms with Crippen molar-refractivity contribution in [3.63, 3.8) is 0 Å². The van der Waals surface area contributed by atoms with E-state index < -0.39 is 0 Å². The lowest BCUT2D eigenvalue weighted by atomic mass is 10.2. The zero-order chi connectivity index (χ0) is 18.4. The zero-order valence-corrected chi connectivity index (χ0v) is 15.6. The summed E-state index contributed by atoms with van der Waals surface area (Å²) in [5.74, 6) is -0.440. The average Bonchev–Trinajstić information content (AvgIpc) is 3.24. The second-order valence-corrected chi connectivity index (χ2v) is 7.36. The highest BCUT2D eigenvalue weighted by molar-refractivity contribution is 8.26. The van der Waals surface area contributed by atoms with Crippen molar-refractivity contribution < 1.29 is 9.59 Å². The summed E-state index contributed by atoms with van der Waals surface area (Å²) in [6.45, 7) is 1.26. The molecule has 0 atom stereocenters. The van der Waals surface area contributed by atoms with Gasteiger partial charge in [-0.2, -0.15) is 0 Å². The van der Waals surface area contributed by atoms with Crippen LogP contribution in [0, 0.1) is 0 Å². The fraction of sp³-hybridized carbons (Fsp3) is 0.222. The van der Waals surface area contributed by atoms with Gasteiger partial charge in [0.25, 0.3) is 5.91 Å². The molecule has 8 heteroatoms. The summed E-state index contributed by atoms with van der Waals surface area (Å²) < 4.78 is 2.36. The maximum Gasteiger partial charge on any atom is 0.266 e. The molecule has 1 saturated heterocycles. The predicted octanol–water partition coefficient (Wildman–Crippen LogP) is 2.29. The number of hydrogen-bond acceptors (Lipinski definition) is 5. The molecule has 1 aromatic heterocycles. The highest BCUT2D eigenvalue weighted by Gasteiger charge is 2.33. The van der Waals surface area contributed by atoms with Crippen LogP contribution in [-0.2, 0) is 16.1 Å². The van der Waals surface area contributed by atoms with Crippen LogP contribution in [0.5, 0.6) is 0 Å². The Balaban J connectivity index is 1.49. The van der Waals surface area contributed by atoms with E-state index in [1.54, 1.807) is 18.6 Å². The number of imidazole rings is 1. The lowest BCUT2D eigenvalue weighted by molar-refractivity contribution is -0.128. The monoisotopic (exact) mass is 386 g/mol. The molecule has 2 aromatic rings. The molecule has 26 heavy (non-hydrogen) atoms. The Hall–Kier alpha value is -2.45. The van der Waals surface area contributed by atoms with Crippen molar-refractivity contribution in [3.8, 4) is 0 Å². The van der Waals surface area contributed by atoms with Gasteiger partial charge in [0.2, 0.25) is 5.91 Å². The first-order chi connectivity index (χ1) is 12.6. The Morgan fingerprint density at radius 1 is 1.31 bits per heavy atom. The smallest absolute Gasteiger partial charge is 0.266 e. The van der Waals surface area contributed by atoms with Gasteiger partial charge in [0.05, 0.1) is 11.2 Å². The van der Waals surface area contributed by atoms with Gasteiger partial charge < -0.3 is 9.88 Å². The van der Waals surface area contributed by atoms with Crippen molar-refractivity contribution in [1.82, 2.24) is 19.8 Å². The van der Waals surface area contributed by atoms with Crippen LogP contribution in [-0.4, -0.2) is 43.7 Å². The quantitative estimate of drug-likeness (QED) is 0.449. The van der Waals surface area contributed by atoms with Crippen molar-refractivity contribution in [1.29, 1.82) is 0 Å². The number of thioether (sulfide) groups is 1. The second kappa shape index (κ2) is 8.77. The number of aromatic nitrogens is 2. The molecule has 1 aliphatic rings. The Kier molecular flexibility index (Phi) is 6.19. The molecule has 0 radical (unpaired) electrons. The summed E-state index contributed by atoms with van der Waals surface area (Å²) in [4.78, 5) is 30.5. The number of benzene rings is 1. The number of hydrogen-bond donors (Lipinski definition) is 1. The third-order valence-electron chi connectivity index (χ3n) is 3.75. The summed E-state index contributed by atoms with van der Waals surface area (Å²) in [6.07, 6.45) is 7.91. The maximum atomic E-state index is 12.5. The lowest BCUT2D eigenvalue weighted by Crippen LogP contribution is -2.39. The minimum atomic E-state index is -0.225. The first kappa shape index (κ1) is 18.3. The Bertz CT molecular complexity index is 819. The van der Waals surface area contributed by atoms with Gasteiger partial charge in [-0.1, -0.05) is 54.3 Å². The van der Waals surface area contributed by atoms with Gasteiger partial charge in [-0.05, 0) is 18.1 Å². The lowest BCUT2D eigenvalue weighted by Gasteiger charge is -2.14. The predicted molar refractivity (Wildman–Crippen MR) is 106 cm³/mol. The first-order valence-corrected chi connectivity index (χ1v) is 9.39. The first-order valence-electron chi connectivity index (χ1n) is 8.16. The minimum Gasteiger partial charge on any atom is -0.354 e. The summed E-state index contributed by atoms with van der Waals surface area (Å²) in [5.41, 5.74) is 0.928. The molecule has 2 heterocycles. The fourth-order valence-corrected chi connectivity index (χ4v) is 3.70. The number of carbonyl (C=O) groups excluding carboxylic acids is 2. The van der Waals surface area contributed by atoms with Gasteiger partial charge in [0.15, 0.2) is 0 Å². The summed E-state index contributed by atoms with van der Waals surface area (Å²) in [7, 11) is 0. The van der Waals surface area contributed by atoms with E-state index in [0.29, 0.717) is 15.8 Å². The van der Waals surface area contributed by atoms with Gasteiger partial charge >= 0.3 is 0 Å². The van der Waals surface area contributed by atoms with E-state index in [0.717, 1.165) is 18.5 Å². The molecule has 0 aliphatic carbocycles. The van der Waals surface area contributed by atoms with E-state index in [-0.39, 0.29) is 18.4 Å². The van der Waals surface area contributed by atoms with Crippen LogP contribution in [0.1, 0.15) is 12.0 Å². The third-order valence-corrected chi connectivity index (χ3v) is 5.12. The number of carbonyl (C=O) groups is 2. The van der Waals surface area contributed by atoms with Gasteiger partial charge in [-0.15, -0.1) is 0 Å². The topological polar surface area (TPSA) is 67.2 Å². The van der Waals surface area contributed by atoms with Gasteiger partial charge in [0, 0.05) is 25.5 Å². The number of amides is 2. The zero-order valence-electron chi connectivity index (χ0n) is 14.0. The molecule has 0 bridgehead atoms. The normalized spacial score (nSPS) is 15.7. The Morgan fingerprint density at radius 2 is 2.12 bits per heavy atom. The molecule has 0 spiro atoms. The van der Waals surface area contributed by atoms with Crippen LogP contribution >= 0.6 is 24.0 Å². The van der Waals surface area contributed by atoms with E-state index in [9.17, 15) is 9.59 Å². The number of rotatable bonds is 7. The van der Waals surface area contributed by atoms with E-state index >= 15 is 0 Å². The molecule has 1 aromatic carbocycles. The number of nitrogens with one attached hydrogen (secondary N) is 1. The van der Waals surface area contributed by atoms with Gasteiger partial charge in [0.1, 0.15) is 10.9 Å². The van der Waals surface area contributed by atoms with Crippen LogP contribution in [0.2, 0.25) is 0 Å². The molecule has 2 amide bonds. The van der Waals surface area contributed by atoms with E-state index in [1.165, 1.54) is 16.7 Å². The van der Waals surface area contributed by atoms with Gasteiger partial charge in [-0.3, -0.25) is 14.5 Å². The minimum absolute atomic E-state index is 0.0537. The van der Waals surface area contributed by atoms with Crippen LogP contribution in [0.25, 0.3) is 6.08 Å². The average molecular weight is 387 g/mol. The van der Waals surface area contributed by atoms with Crippen molar-refractivity contribution in [3.05, 3.63) is 59.5 Å². The second-order valence-electron chi connectivity index (χ2n) is 5.68. The summed E-state index contributed by atoms with van der Waals surface area (Å²) in [6, 6.07) is 9.56. The summed E-state index contributed by atoms with van der Waals surface area (Å²) >= 11 is 6.48. The van der Waals surface area contributed by atoms with Crippen molar-refractivity contribution in [2.24, 2.45) is 0 Å². The third kappa shape index (κ3) is 4.80. The molecule has 0 saturated carbocycles. The molecule has 134 valence electrons. The molecule has 1 N–H and O–H groups in total. The van der Waals surface area contributed by atoms with Crippen LogP contribution in [0.4, 0.5) is 0 Å². The molecule has 0 unspecified atom stereocenters. The number of thiocarbonyl (C=S) groups is 1. The van der Waals surface area contributed by atoms with Crippen molar-refractivity contribution in [2.75, 3.05) is 13.1 Å².